The Labute approximate surface area is 162 Å². The van der Waals surface area contributed by atoms with Crippen molar-refractivity contribution in [3.63, 3.8) is 0 Å². The second-order valence-corrected chi connectivity index (χ2v) is 8.61. The number of sulfonamides is 1. The van der Waals surface area contributed by atoms with Crippen molar-refractivity contribution in [2.75, 3.05) is 4.72 Å². The lowest BCUT2D eigenvalue weighted by Gasteiger charge is -2.17. The average molecular weight is 401 g/mol. The summed E-state index contributed by atoms with van der Waals surface area (Å²) in [5, 5.41) is 4.06. The van der Waals surface area contributed by atoms with Crippen molar-refractivity contribution in [3.05, 3.63) is 60.2 Å². The third-order valence-corrected chi connectivity index (χ3v) is 6.31. The van der Waals surface area contributed by atoms with Crippen molar-refractivity contribution in [2.45, 2.75) is 42.9 Å². The molecule has 0 radical (unpaired) electrons. The topological polar surface area (TPSA) is 85.1 Å². The number of anilines is 1. The second kappa shape index (κ2) is 7.71. The molecule has 1 heterocycles. The minimum absolute atomic E-state index is 0.00623. The van der Waals surface area contributed by atoms with E-state index >= 15 is 0 Å². The lowest BCUT2D eigenvalue weighted by Crippen LogP contribution is -2.12. The van der Waals surface area contributed by atoms with Gasteiger partial charge in [-0.25, -0.2) is 12.8 Å². The number of aromatic nitrogens is 2. The van der Waals surface area contributed by atoms with Crippen LogP contribution in [0.3, 0.4) is 0 Å². The lowest BCUT2D eigenvalue weighted by molar-refractivity contribution is 0.314. The number of hydrogen-bond donors (Lipinski definition) is 1. The Morgan fingerprint density at radius 2 is 1.64 bits per heavy atom. The summed E-state index contributed by atoms with van der Waals surface area (Å²) in [6.07, 6.45) is 5.78. The summed E-state index contributed by atoms with van der Waals surface area (Å²) in [6, 6.07) is 11.4. The molecule has 1 aliphatic rings. The Balaban J connectivity index is 1.48. The van der Waals surface area contributed by atoms with Gasteiger partial charge in [-0.15, -0.1) is 0 Å². The first kappa shape index (κ1) is 18.6. The minimum atomic E-state index is -3.78. The summed E-state index contributed by atoms with van der Waals surface area (Å²) in [5.41, 5.74) is 1.14. The molecule has 3 aromatic rings. The van der Waals surface area contributed by atoms with E-state index in [-0.39, 0.29) is 4.90 Å². The second-order valence-electron chi connectivity index (χ2n) is 6.93. The van der Waals surface area contributed by atoms with Gasteiger partial charge in [0.25, 0.3) is 10.0 Å². The molecule has 0 bridgehead atoms. The van der Waals surface area contributed by atoms with Crippen molar-refractivity contribution in [1.82, 2.24) is 10.1 Å². The fourth-order valence-corrected chi connectivity index (χ4v) is 4.44. The number of nitrogens with zero attached hydrogens (tertiary/aromatic N) is 2. The third kappa shape index (κ3) is 4.06. The van der Waals surface area contributed by atoms with Gasteiger partial charge in [0.05, 0.1) is 4.90 Å². The Morgan fingerprint density at radius 3 is 2.32 bits per heavy atom. The molecule has 2 aromatic carbocycles. The zero-order chi connectivity index (χ0) is 19.6. The SMILES string of the molecule is O=S(=O)(Nc1ccc(-c2noc(C3CCCCC3)n2)cc1)c1ccc(F)cc1. The molecular weight excluding hydrogens is 381 g/mol. The smallest absolute Gasteiger partial charge is 0.261 e. The van der Waals surface area contributed by atoms with Crippen LogP contribution < -0.4 is 4.72 Å². The summed E-state index contributed by atoms with van der Waals surface area (Å²) in [5.74, 6) is 1.01. The molecule has 4 rings (SSSR count). The van der Waals surface area contributed by atoms with Gasteiger partial charge in [-0.3, -0.25) is 4.72 Å². The molecule has 0 saturated heterocycles. The highest BCUT2D eigenvalue weighted by atomic mass is 32.2. The molecule has 0 unspecified atom stereocenters. The Kier molecular flexibility index (Phi) is 5.13. The van der Waals surface area contributed by atoms with Gasteiger partial charge in [0.15, 0.2) is 0 Å². The summed E-state index contributed by atoms with van der Waals surface area (Å²) in [4.78, 5) is 4.51. The highest BCUT2D eigenvalue weighted by Crippen LogP contribution is 2.32. The molecule has 8 heteroatoms. The fraction of sp³-hybridized carbons (Fsp3) is 0.300. The minimum Gasteiger partial charge on any atom is -0.339 e. The normalized spacial score (nSPS) is 15.5. The predicted molar refractivity (Wildman–Crippen MR) is 103 cm³/mol. The largest absolute Gasteiger partial charge is 0.339 e. The molecule has 28 heavy (non-hydrogen) atoms. The van der Waals surface area contributed by atoms with Crippen LogP contribution in [0.15, 0.2) is 57.9 Å². The molecule has 1 N–H and O–H groups in total. The molecule has 1 fully saturated rings. The molecule has 1 saturated carbocycles. The Hall–Kier alpha value is -2.74. The maximum Gasteiger partial charge on any atom is 0.261 e. The average Bonchev–Trinajstić information content (AvgIpc) is 3.19. The van der Waals surface area contributed by atoms with Gasteiger partial charge >= 0.3 is 0 Å². The highest BCUT2D eigenvalue weighted by Gasteiger charge is 2.22. The zero-order valence-electron chi connectivity index (χ0n) is 15.1. The number of hydrogen-bond acceptors (Lipinski definition) is 5. The van der Waals surface area contributed by atoms with Crippen molar-refractivity contribution < 1.29 is 17.3 Å². The van der Waals surface area contributed by atoms with Crippen molar-refractivity contribution in [3.8, 4) is 11.4 Å². The van der Waals surface area contributed by atoms with Crippen LogP contribution in [0.5, 0.6) is 0 Å². The van der Waals surface area contributed by atoms with Crippen LogP contribution >= 0.6 is 0 Å². The van der Waals surface area contributed by atoms with Crippen LogP contribution in [-0.4, -0.2) is 18.6 Å². The predicted octanol–water partition coefficient (Wildman–Crippen LogP) is 4.72. The Bertz CT molecular complexity index is 1040. The first-order valence-electron chi connectivity index (χ1n) is 9.24. The van der Waals surface area contributed by atoms with Crippen LogP contribution in [0.2, 0.25) is 0 Å². The number of rotatable bonds is 5. The van der Waals surface area contributed by atoms with E-state index in [0.717, 1.165) is 30.5 Å². The highest BCUT2D eigenvalue weighted by molar-refractivity contribution is 7.92. The summed E-state index contributed by atoms with van der Waals surface area (Å²) in [6.45, 7) is 0. The van der Waals surface area contributed by atoms with Crippen molar-refractivity contribution in [2.24, 2.45) is 0 Å². The van der Waals surface area contributed by atoms with Crippen LogP contribution in [0.25, 0.3) is 11.4 Å². The summed E-state index contributed by atoms with van der Waals surface area (Å²) in [7, 11) is -3.78. The van der Waals surface area contributed by atoms with Crippen LogP contribution in [-0.2, 0) is 10.0 Å². The number of nitrogens with one attached hydrogen (secondary N) is 1. The zero-order valence-corrected chi connectivity index (χ0v) is 16.0. The standard InChI is InChI=1S/C20H20FN3O3S/c21-16-8-12-18(13-9-16)28(25,26)24-17-10-6-14(7-11-17)19-22-20(27-23-19)15-4-2-1-3-5-15/h6-13,15,24H,1-5H2. The van der Waals surface area contributed by atoms with Gasteiger partial charge in [-0.05, 0) is 61.4 Å². The maximum absolute atomic E-state index is 13.0. The molecular formula is C20H20FN3O3S. The van der Waals surface area contributed by atoms with E-state index in [1.807, 2.05) is 0 Å². The maximum atomic E-state index is 13.0. The van der Waals surface area contributed by atoms with E-state index in [9.17, 15) is 12.8 Å². The van der Waals surface area contributed by atoms with E-state index < -0.39 is 15.8 Å². The van der Waals surface area contributed by atoms with E-state index in [0.29, 0.717) is 23.3 Å². The fourth-order valence-electron chi connectivity index (χ4n) is 3.38. The van der Waals surface area contributed by atoms with E-state index in [2.05, 4.69) is 14.9 Å². The Morgan fingerprint density at radius 1 is 0.964 bits per heavy atom. The van der Waals surface area contributed by atoms with Gasteiger partial charge in [0, 0.05) is 17.2 Å². The molecule has 0 atom stereocenters. The van der Waals surface area contributed by atoms with Gasteiger partial charge in [-0.2, -0.15) is 4.98 Å². The van der Waals surface area contributed by atoms with Gasteiger partial charge in [0.1, 0.15) is 5.82 Å². The van der Waals surface area contributed by atoms with Gasteiger partial charge in [-0.1, -0.05) is 24.4 Å². The van der Waals surface area contributed by atoms with Crippen molar-refractivity contribution in [1.29, 1.82) is 0 Å². The van der Waals surface area contributed by atoms with Gasteiger partial charge in [0.2, 0.25) is 11.7 Å². The molecule has 6 nitrogen and oxygen atoms in total. The molecule has 1 aromatic heterocycles. The lowest BCUT2D eigenvalue weighted by atomic mass is 9.89. The quantitative estimate of drug-likeness (QED) is 0.668. The van der Waals surface area contributed by atoms with Crippen LogP contribution in [0.1, 0.15) is 43.9 Å². The van der Waals surface area contributed by atoms with Gasteiger partial charge < -0.3 is 4.52 Å². The summed E-state index contributed by atoms with van der Waals surface area (Å²) >= 11 is 0. The van der Waals surface area contributed by atoms with Crippen molar-refractivity contribution >= 4 is 15.7 Å². The molecule has 0 spiro atoms. The first-order chi connectivity index (χ1) is 13.5. The van der Waals surface area contributed by atoms with Crippen LogP contribution in [0.4, 0.5) is 10.1 Å². The monoisotopic (exact) mass is 401 g/mol. The number of halogens is 1. The third-order valence-electron chi connectivity index (χ3n) is 4.92. The molecule has 0 aliphatic heterocycles. The van der Waals surface area contributed by atoms with Crippen LogP contribution in [0, 0.1) is 5.82 Å². The number of benzene rings is 2. The molecule has 146 valence electrons. The molecule has 1 aliphatic carbocycles. The molecule has 0 amide bonds. The van der Waals surface area contributed by atoms with E-state index in [1.165, 1.54) is 31.4 Å². The van der Waals surface area contributed by atoms with E-state index in [4.69, 9.17) is 4.52 Å². The van der Waals surface area contributed by atoms with E-state index in [1.54, 1.807) is 24.3 Å². The summed E-state index contributed by atoms with van der Waals surface area (Å²) < 4.78 is 45.6. The first-order valence-corrected chi connectivity index (χ1v) is 10.7.